The van der Waals surface area contributed by atoms with Crippen LogP contribution in [0.5, 0.6) is 5.75 Å². The molecule has 1 saturated heterocycles. The number of carbonyl (C=O) groups is 1. The summed E-state index contributed by atoms with van der Waals surface area (Å²) < 4.78 is 5.81. The van der Waals surface area contributed by atoms with Crippen LogP contribution in [0.1, 0.15) is 62.1 Å². The van der Waals surface area contributed by atoms with E-state index >= 15 is 0 Å². The number of amides is 1. The summed E-state index contributed by atoms with van der Waals surface area (Å²) in [6.07, 6.45) is 5.02. The van der Waals surface area contributed by atoms with E-state index in [9.17, 15) is 4.79 Å². The van der Waals surface area contributed by atoms with Gasteiger partial charge in [0.15, 0.2) is 0 Å². The lowest BCUT2D eigenvalue weighted by Crippen LogP contribution is -2.34. The lowest BCUT2D eigenvalue weighted by atomic mass is 9.85. The normalized spacial score (nSPS) is 14.9. The Morgan fingerprint density at radius 3 is 2.34 bits per heavy atom. The Morgan fingerprint density at radius 2 is 1.66 bits per heavy atom. The second-order valence-corrected chi connectivity index (χ2v) is 12.2. The number of rotatable bonds is 12. The van der Waals surface area contributed by atoms with Crippen LogP contribution in [0.15, 0.2) is 72.8 Å². The molecule has 4 nitrogen and oxygen atoms in total. The first-order valence-corrected chi connectivity index (χ1v) is 15.2. The van der Waals surface area contributed by atoms with E-state index in [0.29, 0.717) is 28.9 Å². The molecule has 222 valence electrons. The van der Waals surface area contributed by atoms with Crippen LogP contribution in [0, 0.1) is 5.92 Å². The first-order chi connectivity index (χ1) is 19.3. The van der Waals surface area contributed by atoms with Crippen molar-refractivity contribution in [3.8, 4) is 5.75 Å². The second kappa shape index (κ2) is 16.4. The van der Waals surface area contributed by atoms with Gasteiger partial charge in [0, 0.05) is 26.1 Å². The van der Waals surface area contributed by atoms with E-state index in [1.165, 1.54) is 18.4 Å². The summed E-state index contributed by atoms with van der Waals surface area (Å²) in [5.74, 6) is 1.79. The molecule has 41 heavy (non-hydrogen) atoms. The molecule has 0 spiro atoms. The van der Waals surface area contributed by atoms with Crippen LogP contribution < -0.4 is 4.74 Å². The molecule has 1 fully saturated rings. The van der Waals surface area contributed by atoms with Crippen molar-refractivity contribution in [1.82, 2.24) is 9.80 Å². The van der Waals surface area contributed by atoms with Gasteiger partial charge in [0.25, 0.3) is 0 Å². The predicted molar refractivity (Wildman–Crippen MR) is 174 cm³/mol. The van der Waals surface area contributed by atoms with Crippen molar-refractivity contribution < 1.29 is 9.53 Å². The fourth-order valence-corrected chi connectivity index (χ4v) is 5.89. The monoisotopic (exact) mass is 616 g/mol. The number of nitrogens with zero attached hydrogens (tertiary/aromatic N) is 2. The minimum atomic E-state index is 0. The maximum Gasteiger partial charge on any atom is 0.226 e. The number of halogens is 3. The van der Waals surface area contributed by atoms with Gasteiger partial charge in [0.05, 0.1) is 22.6 Å². The number of piperidine rings is 1. The average Bonchev–Trinajstić information content (AvgIpc) is 2.93. The highest BCUT2D eigenvalue weighted by Gasteiger charge is 2.23. The Labute approximate surface area is 262 Å². The summed E-state index contributed by atoms with van der Waals surface area (Å²) in [5.41, 5.74) is 3.48. The Hall–Kier alpha value is -2.24. The van der Waals surface area contributed by atoms with Crippen LogP contribution in [-0.2, 0) is 17.8 Å². The number of likely N-dealkylation sites (tertiary alicyclic amines) is 1. The zero-order valence-electron chi connectivity index (χ0n) is 24.4. The predicted octanol–water partition coefficient (Wildman–Crippen LogP) is 8.68. The number of carbonyl (C=O) groups excluding carboxylic acids is 1. The number of benzene rings is 3. The lowest BCUT2D eigenvalue weighted by Gasteiger charge is -2.33. The maximum atomic E-state index is 13.3. The lowest BCUT2D eigenvalue weighted by molar-refractivity contribution is -0.129. The van der Waals surface area contributed by atoms with Crippen LogP contribution >= 0.6 is 35.6 Å². The van der Waals surface area contributed by atoms with Crippen LogP contribution in [0.4, 0.5) is 0 Å². The molecule has 0 N–H and O–H groups in total. The summed E-state index contributed by atoms with van der Waals surface area (Å²) in [4.78, 5) is 17.7. The zero-order chi connectivity index (χ0) is 28.5. The molecule has 0 bridgehead atoms. The minimum absolute atomic E-state index is 0. The van der Waals surface area contributed by atoms with E-state index in [0.717, 1.165) is 49.4 Å². The first kappa shape index (κ1) is 33.3. The minimum Gasteiger partial charge on any atom is -0.491 e. The van der Waals surface area contributed by atoms with Crippen LogP contribution in [-0.4, -0.2) is 48.5 Å². The molecule has 4 rings (SSSR count). The van der Waals surface area contributed by atoms with E-state index in [-0.39, 0.29) is 30.3 Å². The second-order valence-electron chi connectivity index (χ2n) is 11.4. The molecule has 1 heterocycles. The summed E-state index contributed by atoms with van der Waals surface area (Å²) in [5, 5.41) is 1.12. The van der Waals surface area contributed by atoms with Crippen molar-refractivity contribution in [1.29, 1.82) is 0 Å². The zero-order valence-corrected chi connectivity index (χ0v) is 26.7. The SMILES string of the molecule is CC(C)Oc1cccc(CC(=O)N(C)CC(CCC2CCN(Cc3ccccc3)CC2)c2ccc(Cl)c(Cl)c2)c1.Cl. The summed E-state index contributed by atoms with van der Waals surface area (Å²) in [6, 6.07) is 24.5. The van der Waals surface area contributed by atoms with Crippen molar-refractivity contribution >= 4 is 41.5 Å². The Morgan fingerprint density at radius 1 is 0.951 bits per heavy atom. The fraction of sp³-hybridized carbons (Fsp3) is 0.441. The Bertz CT molecular complexity index is 1230. The molecule has 3 aromatic carbocycles. The van der Waals surface area contributed by atoms with Crippen LogP contribution in [0.3, 0.4) is 0 Å². The van der Waals surface area contributed by atoms with Crippen molar-refractivity contribution in [3.05, 3.63) is 99.5 Å². The summed E-state index contributed by atoms with van der Waals surface area (Å²) in [7, 11) is 1.91. The van der Waals surface area contributed by atoms with E-state index < -0.39 is 0 Å². The quantitative estimate of drug-likeness (QED) is 0.204. The molecule has 1 atom stereocenters. The topological polar surface area (TPSA) is 32.8 Å². The molecule has 0 saturated carbocycles. The van der Waals surface area contributed by atoms with Gasteiger partial charge in [-0.2, -0.15) is 0 Å². The third-order valence-electron chi connectivity index (χ3n) is 7.84. The first-order valence-electron chi connectivity index (χ1n) is 14.5. The van der Waals surface area contributed by atoms with Gasteiger partial charge < -0.3 is 9.64 Å². The number of hydrogen-bond donors (Lipinski definition) is 0. The van der Waals surface area contributed by atoms with Crippen molar-refractivity contribution in [2.45, 2.75) is 64.5 Å². The van der Waals surface area contributed by atoms with Gasteiger partial charge in [0.1, 0.15) is 5.75 Å². The molecule has 7 heteroatoms. The molecular weight excluding hydrogens is 575 g/mol. The standard InChI is InChI=1S/C34H42Cl2N2O2.ClH/c1-25(2)40-31-11-7-10-28(20-31)21-34(39)37(3)24-30(29-14-15-32(35)33(36)22-29)13-12-26-16-18-38(19-17-26)23-27-8-5-4-6-9-27;/h4-11,14-15,20,22,25-26,30H,12-13,16-19,21,23-24H2,1-3H3;1H. The summed E-state index contributed by atoms with van der Waals surface area (Å²) in [6.45, 7) is 7.94. The van der Waals surface area contributed by atoms with E-state index in [1.54, 1.807) is 0 Å². The molecule has 1 unspecified atom stereocenters. The number of hydrogen-bond acceptors (Lipinski definition) is 3. The van der Waals surface area contributed by atoms with Crippen LogP contribution in [0.2, 0.25) is 10.0 Å². The molecule has 3 aromatic rings. The highest BCUT2D eigenvalue weighted by molar-refractivity contribution is 6.42. The highest BCUT2D eigenvalue weighted by Crippen LogP contribution is 2.32. The number of likely N-dealkylation sites (N-methyl/N-ethyl adjacent to an activating group) is 1. The van der Waals surface area contributed by atoms with Gasteiger partial charge in [-0.25, -0.2) is 0 Å². The molecule has 1 aliphatic heterocycles. The van der Waals surface area contributed by atoms with Gasteiger partial charge >= 0.3 is 0 Å². The fourth-order valence-electron chi connectivity index (χ4n) is 5.58. The van der Waals surface area contributed by atoms with Crippen molar-refractivity contribution in [2.75, 3.05) is 26.7 Å². The van der Waals surface area contributed by atoms with E-state index in [4.69, 9.17) is 27.9 Å². The molecular formula is C34H43Cl3N2O2. The Balaban J connectivity index is 0.00000462. The smallest absolute Gasteiger partial charge is 0.226 e. The maximum absolute atomic E-state index is 13.3. The molecule has 0 radical (unpaired) electrons. The number of ether oxygens (including phenoxy) is 1. The molecule has 0 aromatic heterocycles. The van der Waals surface area contributed by atoms with Crippen molar-refractivity contribution in [3.63, 3.8) is 0 Å². The van der Waals surface area contributed by atoms with E-state index in [2.05, 4.69) is 41.3 Å². The molecule has 0 aliphatic carbocycles. The van der Waals surface area contributed by atoms with E-state index in [1.807, 2.05) is 62.2 Å². The van der Waals surface area contributed by atoms with Crippen LogP contribution in [0.25, 0.3) is 0 Å². The molecule has 1 amide bonds. The largest absolute Gasteiger partial charge is 0.491 e. The van der Waals surface area contributed by atoms with Gasteiger partial charge in [-0.15, -0.1) is 12.4 Å². The van der Waals surface area contributed by atoms with Crippen molar-refractivity contribution in [2.24, 2.45) is 5.92 Å². The van der Waals surface area contributed by atoms with Gasteiger partial charge in [-0.1, -0.05) is 71.7 Å². The third kappa shape index (κ3) is 10.5. The average molecular weight is 618 g/mol. The van der Waals surface area contributed by atoms with Gasteiger partial charge in [-0.3, -0.25) is 9.69 Å². The van der Waals surface area contributed by atoms with Gasteiger partial charge in [0.2, 0.25) is 5.91 Å². The molecule has 1 aliphatic rings. The Kier molecular flexibility index (Phi) is 13.3. The third-order valence-corrected chi connectivity index (χ3v) is 8.58. The highest BCUT2D eigenvalue weighted by atomic mass is 35.5. The van der Waals surface area contributed by atoms with Gasteiger partial charge in [-0.05, 0) is 99.5 Å². The summed E-state index contributed by atoms with van der Waals surface area (Å²) >= 11 is 12.7.